The van der Waals surface area contributed by atoms with Gasteiger partial charge in [0.05, 0.1) is 5.69 Å². The van der Waals surface area contributed by atoms with Crippen LogP contribution in [0.4, 0.5) is 10.1 Å². The van der Waals surface area contributed by atoms with Crippen molar-refractivity contribution in [2.24, 2.45) is 5.73 Å². The molecule has 4 nitrogen and oxygen atoms in total. The number of carbonyl (C=O) groups is 2. The summed E-state index contributed by atoms with van der Waals surface area (Å²) < 4.78 is 13.5. The van der Waals surface area contributed by atoms with Crippen molar-refractivity contribution in [2.45, 2.75) is 12.8 Å². The number of hydrogen-bond acceptors (Lipinski definition) is 2. The third-order valence-electron chi connectivity index (χ3n) is 2.59. The zero-order valence-corrected chi connectivity index (χ0v) is 8.57. The second-order valence-electron chi connectivity index (χ2n) is 3.68. The van der Waals surface area contributed by atoms with Crippen LogP contribution in [-0.4, -0.2) is 18.4 Å². The van der Waals surface area contributed by atoms with Crippen molar-refractivity contribution < 1.29 is 14.0 Å². The molecule has 0 spiro atoms. The molecule has 0 aromatic heterocycles. The number of amides is 2. The molecule has 1 aliphatic rings. The summed E-state index contributed by atoms with van der Waals surface area (Å²) >= 11 is 0. The minimum Gasteiger partial charge on any atom is -0.366 e. The average molecular weight is 222 g/mol. The predicted octanol–water partition coefficient (Wildman–Crippen LogP) is 1.05. The summed E-state index contributed by atoms with van der Waals surface area (Å²) in [6, 6.07) is 3.78. The first-order valence-electron chi connectivity index (χ1n) is 4.99. The second-order valence-corrected chi connectivity index (χ2v) is 3.68. The van der Waals surface area contributed by atoms with Crippen LogP contribution in [0, 0.1) is 5.82 Å². The van der Waals surface area contributed by atoms with Crippen LogP contribution < -0.4 is 10.6 Å². The van der Waals surface area contributed by atoms with E-state index in [0.29, 0.717) is 19.4 Å². The maximum Gasteiger partial charge on any atom is 0.248 e. The van der Waals surface area contributed by atoms with Crippen molar-refractivity contribution in [1.82, 2.24) is 0 Å². The van der Waals surface area contributed by atoms with Crippen molar-refractivity contribution in [3.05, 3.63) is 29.6 Å². The van der Waals surface area contributed by atoms with Crippen LogP contribution >= 0.6 is 0 Å². The fraction of sp³-hybridized carbons (Fsp3) is 0.273. The maximum absolute atomic E-state index is 13.5. The fourth-order valence-corrected chi connectivity index (χ4v) is 1.78. The highest BCUT2D eigenvalue weighted by Crippen LogP contribution is 2.25. The third kappa shape index (κ3) is 1.76. The van der Waals surface area contributed by atoms with E-state index in [1.54, 1.807) is 0 Å². The first-order chi connectivity index (χ1) is 7.59. The molecule has 0 saturated carbocycles. The number of hydrogen-bond donors (Lipinski definition) is 1. The SMILES string of the molecule is NC(=O)c1ccc(F)c(N2CCCC2=O)c1. The molecule has 0 bridgehead atoms. The summed E-state index contributed by atoms with van der Waals surface area (Å²) in [4.78, 5) is 23.8. The van der Waals surface area contributed by atoms with Crippen LogP contribution in [0.1, 0.15) is 23.2 Å². The molecular formula is C11H11FN2O2. The highest BCUT2D eigenvalue weighted by molar-refractivity contribution is 5.98. The van der Waals surface area contributed by atoms with Gasteiger partial charge in [-0.25, -0.2) is 4.39 Å². The van der Waals surface area contributed by atoms with Crippen LogP contribution in [-0.2, 0) is 4.79 Å². The summed E-state index contributed by atoms with van der Waals surface area (Å²) in [5.74, 6) is -1.27. The van der Waals surface area contributed by atoms with Gasteiger partial charge in [0.25, 0.3) is 0 Å². The Bertz CT molecular complexity index is 459. The minimum atomic E-state index is -0.632. The largest absolute Gasteiger partial charge is 0.366 e. The van der Waals surface area contributed by atoms with E-state index in [4.69, 9.17) is 5.73 Å². The number of halogens is 1. The number of nitrogens with two attached hydrogens (primary N) is 1. The van der Waals surface area contributed by atoms with Gasteiger partial charge in [0.1, 0.15) is 5.82 Å². The summed E-state index contributed by atoms with van der Waals surface area (Å²) in [5, 5.41) is 0. The lowest BCUT2D eigenvalue weighted by molar-refractivity contribution is -0.117. The topological polar surface area (TPSA) is 63.4 Å². The molecule has 2 N–H and O–H groups in total. The Morgan fingerprint density at radius 1 is 1.44 bits per heavy atom. The smallest absolute Gasteiger partial charge is 0.248 e. The zero-order valence-electron chi connectivity index (χ0n) is 8.57. The zero-order chi connectivity index (χ0) is 11.7. The van der Waals surface area contributed by atoms with Gasteiger partial charge in [-0.3, -0.25) is 9.59 Å². The first-order valence-corrected chi connectivity index (χ1v) is 4.99. The molecule has 1 fully saturated rings. The number of anilines is 1. The Labute approximate surface area is 91.8 Å². The van der Waals surface area contributed by atoms with Gasteiger partial charge in [-0.15, -0.1) is 0 Å². The van der Waals surface area contributed by atoms with Crippen LogP contribution in [0.5, 0.6) is 0 Å². The van der Waals surface area contributed by atoms with Crippen molar-refractivity contribution in [1.29, 1.82) is 0 Å². The van der Waals surface area contributed by atoms with E-state index in [9.17, 15) is 14.0 Å². The Balaban J connectivity index is 2.42. The molecule has 1 aliphatic heterocycles. The molecule has 84 valence electrons. The third-order valence-corrected chi connectivity index (χ3v) is 2.59. The Hall–Kier alpha value is -1.91. The molecule has 16 heavy (non-hydrogen) atoms. The minimum absolute atomic E-state index is 0.125. The Kier molecular flexibility index (Phi) is 2.60. The Morgan fingerprint density at radius 3 is 2.75 bits per heavy atom. The van der Waals surface area contributed by atoms with Gasteiger partial charge in [0.15, 0.2) is 0 Å². The normalized spacial score (nSPS) is 15.6. The average Bonchev–Trinajstić information content (AvgIpc) is 2.65. The molecule has 2 amide bonds. The molecule has 2 rings (SSSR count). The second kappa shape index (κ2) is 3.92. The van der Waals surface area contributed by atoms with E-state index in [-0.39, 0.29) is 17.2 Å². The highest BCUT2D eigenvalue weighted by Gasteiger charge is 2.24. The molecular weight excluding hydrogens is 211 g/mol. The van der Waals surface area contributed by atoms with Crippen molar-refractivity contribution in [2.75, 3.05) is 11.4 Å². The van der Waals surface area contributed by atoms with E-state index in [2.05, 4.69) is 0 Å². The number of rotatable bonds is 2. The van der Waals surface area contributed by atoms with Crippen molar-refractivity contribution in [3.8, 4) is 0 Å². The van der Waals surface area contributed by atoms with E-state index in [1.165, 1.54) is 17.0 Å². The summed E-state index contributed by atoms with van der Waals surface area (Å²) in [7, 11) is 0. The van der Waals surface area contributed by atoms with Crippen LogP contribution in [0.15, 0.2) is 18.2 Å². The molecule has 0 aliphatic carbocycles. The number of benzene rings is 1. The molecule has 1 saturated heterocycles. The molecule has 0 radical (unpaired) electrons. The summed E-state index contributed by atoms with van der Waals surface area (Å²) in [6.45, 7) is 0.484. The standard InChI is InChI=1S/C11H11FN2O2/c12-8-4-3-7(11(13)16)6-9(8)14-5-1-2-10(14)15/h3-4,6H,1-2,5H2,(H2,13,16). The van der Waals surface area contributed by atoms with Gasteiger partial charge in [0.2, 0.25) is 11.8 Å². The monoisotopic (exact) mass is 222 g/mol. The van der Waals surface area contributed by atoms with Gasteiger partial charge in [-0.1, -0.05) is 0 Å². The predicted molar refractivity (Wildman–Crippen MR) is 56.5 cm³/mol. The van der Waals surface area contributed by atoms with E-state index < -0.39 is 11.7 Å². The van der Waals surface area contributed by atoms with E-state index in [0.717, 1.165) is 6.07 Å². The van der Waals surface area contributed by atoms with E-state index in [1.807, 2.05) is 0 Å². The van der Waals surface area contributed by atoms with E-state index >= 15 is 0 Å². The van der Waals surface area contributed by atoms with Gasteiger partial charge in [-0.2, -0.15) is 0 Å². The van der Waals surface area contributed by atoms with Gasteiger partial charge in [0, 0.05) is 18.5 Å². The molecule has 1 aromatic carbocycles. The van der Waals surface area contributed by atoms with Crippen molar-refractivity contribution in [3.63, 3.8) is 0 Å². The quantitative estimate of drug-likeness (QED) is 0.812. The van der Waals surface area contributed by atoms with Gasteiger partial charge >= 0.3 is 0 Å². The van der Waals surface area contributed by atoms with Gasteiger partial charge in [-0.05, 0) is 24.6 Å². The van der Waals surface area contributed by atoms with Crippen LogP contribution in [0.2, 0.25) is 0 Å². The molecule has 0 atom stereocenters. The number of nitrogens with zero attached hydrogens (tertiary/aromatic N) is 1. The van der Waals surface area contributed by atoms with Crippen LogP contribution in [0.25, 0.3) is 0 Å². The van der Waals surface area contributed by atoms with Crippen LogP contribution in [0.3, 0.4) is 0 Å². The van der Waals surface area contributed by atoms with Gasteiger partial charge < -0.3 is 10.6 Å². The summed E-state index contributed by atoms with van der Waals surface area (Å²) in [5.41, 5.74) is 5.44. The molecule has 1 aromatic rings. The molecule has 5 heteroatoms. The highest BCUT2D eigenvalue weighted by atomic mass is 19.1. The molecule has 0 unspecified atom stereocenters. The lowest BCUT2D eigenvalue weighted by Gasteiger charge is -2.16. The summed E-state index contributed by atoms with van der Waals surface area (Å²) in [6.07, 6.45) is 1.12. The van der Waals surface area contributed by atoms with Crippen molar-refractivity contribution >= 4 is 17.5 Å². The Morgan fingerprint density at radius 2 is 2.19 bits per heavy atom. The molecule has 1 heterocycles. The lowest BCUT2D eigenvalue weighted by atomic mass is 10.1. The first kappa shape index (κ1) is 10.6. The maximum atomic E-state index is 13.5. The fourth-order valence-electron chi connectivity index (χ4n) is 1.78. The lowest BCUT2D eigenvalue weighted by Crippen LogP contribution is -2.25. The number of primary amides is 1. The number of carbonyl (C=O) groups excluding carboxylic acids is 2.